The number of sulfonamides is 1. The Bertz CT molecular complexity index is 563. The normalized spacial score (nSPS) is 13.5. The van der Waals surface area contributed by atoms with Crippen LogP contribution in [0.4, 0.5) is 0 Å². The van der Waals surface area contributed by atoms with Crippen LogP contribution in [0.3, 0.4) is 0 Å². The smallest absolute Gasteiger partial charge is 0.322 e. The van der Waals surface area contributed by atoms with Gasteiger partial charge in [0.05, 0.1) is 4.90 Å². The number of carboxylic acids is 1. The minimum atomic E-state index is -3.86. The minimum Gasteiger partial charge on any atom is -0.480 e. The van der Waals surface area contributed by atoms with Crippen molar-refractivity contribution in [2.24, 2.45) is 5.92 Å². The van der Waals surface area contributed by atoms with Crippen molar-refractivity contribution in [3.8, 4) is 0 Å². The number of hydrogen-bond donors (Lipinski definition) is 2. The second-order valence-electron chi connectivity index (χ2n) is 4.65. The molecule has 106 valence electrons. The number of halogens is 1. The summed E-state index contributed by atoms with van der Waals surface area (Å²) in [6.07, 6.45) is 0. The number of rotatable bonds is 5. The average Bonchev–Trinajstić information content (AvgIpc) is 2.23. The van der Waals surface area contributed by atoms with Gasteiger partial charge >= 0.3 is 5.97 Å². The zero-order valence-electron chi connectivity index (χ0n) is 10.8. The van der Waals surface area contributed by atoms with Crippen LogP contribution in [0.25, 0.3) is 0 Å². The monoisotopic (exact) mass is 349 g/mol. The van der Waals surface area contributed by atoms with Crippen molar-refractivity contribution in [1.82, 2.24) is 4.72 Å². The molecule has 1 rings (SSSR count). The Balaban J connectivity index is 3.13. The van der Waals surface area contributed by atoms with Gasteiger partial charge in [-0.2, -0.15) is 4.72 Å². The molecule has 0 saturated carbocycles. The number of carbonyl (C=O) groups is 1. The average molecular weight is 350 g/mol. The van der Waals surface area contributed by atoms with Crippen LogP contribution in [-0.2, 0) is 14.8 Å². The third-order valence-electron chi connectivity index (χ3n) is 2.54. The third-order valence-corrected chi connectivity index (χ3v) is 4.42. The van der Waals surface area contributed by atoms with E-state index in [2.05, 4.69) is 20.7 Å². The lowest BCUT2D eigenvalue weighted by Crippen LogP contribution is -2.44. The van der Waals surface area contributed by atoms with E-state index in [0.717, 1.165) is 5.56 Å². The van der Waals surface area contributed by atoms with Crippen molar-refractivity contribution in [2.75, 3.05) is 0 Å². The molecule has 2 N–H and O–H groups in total. The van der Waals surface area contributed by atoms with Crippen molar-refractivity contribution in [2.45, 2.75) is 31.7 Å². The number of aryl methyl sites for hydroxylation is 1. The first-order chi connectivity index (χ1) is 8.63. The topological polar surface area (TPSA) is 83.5 Å². The number of nitrogens with one attached hydrogen (secondary N) is 1. The maximum absolute atomic E-state index is 12.2. The first kappa shape index (κ1) is 16.1. The van der Waals surface area contributed by atoms with Crippen LogP contribution in [0.1, 0.15) is 19.4 Å². The molecule has 0 aromatic heterocycles. The van der Waals surface area contributed by atoms with E-state index in [1.54, 1.807) is 26.8 Å². The summed E-state index contributed by atoms with van der Waals surface area (Å²) in [4.78, 5) is 11.1. The van der Waals surface area contributed by atoms with Crippen LogP contribution in [-0.4, -0.2) is 25.5 Å². The molecule has 1 aromatic rings. The summed E-state index contributed by atoms with van der Waals surface area (Å²) in [7, 11) is -3.86. The van der Waals surface area contributed by atoms with Gasteiger partial charge in [0.15, 0.2) is 0 Å². The lowest BCUT2D eigenvalue weighted by Gasteiger charge is -2.18. The summed E-state index contributed by atoms with van der Waals surface area (Å²) in [5.74, 6) is -1.54. The van der Waals surface area contributed by atoms with Crippen molar-refractivity contribution in [3.05, 3.63) is 28.2 Å². The maximum atomic E-state index is 12.2. The zero-order chi connectivity index (χ0) is 14.8. The van der Waals surface area contributed by atoms with Gasteiger partial charge in [-0.3, -0.25) is 4.79 Å². The zero-order valence-corrected chi connectivity index (χ0v) is 13.2. The van der Waals surface area contributed by atoms with Crippen molar-refractivity contribution in [3.63, 3.8) is 0 Å². The van der Waals surface area contributed by atoms with Crippen LogP contribution < -0.4 is 4.72 Å². The highest BCUT2D eigenvalue weighted by Gasteiger charge is 2.28. The largest absolute Gasteiger partial charge is 0.480 e. The number of benzene rings is 1. The van der Waals surface area contributed by atoms with Gasteiger partial charge < -0.3 is 5.11 Å². The summed E-state index contributed by atoms with van der Waals surface area (Å²) in [5.41, 5.74) is 0.770. The Hall–Kier alpha value is -0.920. The number of hydrogen-bond acceptors (Lipinski definition) is 3. The first-order valence-corrected chi connectivity index (χ1v) is 7.93. The highest BCUT2D eigenvalue weighted by Crippen LogP contribution is 2.20. The summed E-state index contributed by atoms with van der Waals surface area (Å²) in [6.45, 7) is 5.06. The van der Waals surface area contributed by atoms with Gasteiger partial charge in [-0.25, -0.2) is 8.42 Å². The SMILES string of the molecule is Cc1cc(Br)cc(S(=O)(=O)NC(C(=O)O)C(C)C)c1. The van der Waals surface area contributed by atoms with Gasteiger partial charge in [0.25, 0.3) is 0 Å². The maximum Gasteiger partial charge on any atom is 0.322 e. The molecule has 0 fully saturated rings. The molecule has 1 unspecified atom stereocenters. The molecule has 0 radical (unpaired) electrons. The van der Waals surface area contributed by atoms with Crippen LogP contribution >= 0.6 is 15.9 Å². The van der Waals surface area contributed by atoms with Gasteiger partial charge in [-0.15, -0.1) is 0 Å². The fourth-order valence-corrected chi connectivity index (χ4v) is 3.79. The van der Waals surface area contributed by atoms with Gasteiger partial charge in [-0.05, 0) is 36.6 Å². The van der Waals surface area contributed by atoms with E-state index in [9.17, 15) is 13.2 Å². The highest BCUT2D eigenvalue weighted by atomic mass is 79.9. The van der Waals surface area contributed by atoms with E-state index in [4.69, 9.17) is 5.11 Å². The van der Waals surface area contributed by atoms with E-state index >= 15 is 0 Å². The first-order valence-electron chi connectivity index (χ1n) is 5.66. The molecule has 1 atom stereocenters. The van der Waals surface area contributed by atoms with E-state index < -0.39 is 22.0 Å². The molecular weight excluding hydrogens is 334 g/mol. The molecule has 0 bridgehead atoms. The fourth-order valence-electron chi connectivity index (χ4n) is 1.56. The summed E-state index contributed by atoms with van der Waals surface area (Å²) in [6, 6.07) is 3.56. The summed E-state index contributed by atoms with van der Waals surface area (Å²) >= 11 is 3.22. The predicted molar refractivity (Wildman–Crippen MR) is 75.5 cm³/mol. The molecule has 19 heavy (non-hydrogen) atoms. The van der Waals surface area contributed by atoms with Crippen molar-refractivity contribution in [1.29, 1.82) is 0 Å². The van der Waals surface area contributed by atoms with E-state index in [1.807, 2.05) is 0 Å². The molecule has 0 saturated heterocycles. The molecule has 0 aliphatic rings. The van der Waals surface area contributed by atoms with Crippen LogP contribution in [0.15, 0.2) is 27.6 Å². The Labute approximate surface area is 121 Å². The standard InChI is InChI=1S/C12H16BrNO4S/c1-7(2)11(12(15)16)14-19(17,18)10-5-8(3)4-9(13)6-10/h4-7,11,14H,1-3H3,(H,15,16). The molecule has 0 aliphatic heterocycles. The quantitative estimate of drug-likeness (QED) is 0.852. The van der Waals surface area contributed by atoms with E-state index in [1.165, 1.54) is 12.1 Å². The Kier molecular flexibility index (Phi) is 5.11. The van der Waals surface area contributed by atoms with Crippen LogP contribution in [0.2, 0.25) is 0 Å². The van der Waals surface area contributed by atoms with E-state index in [0.29, 0.717) is 4.47 Å². The molecule has 5 nitrogen and oxygen atoms in total. The van der Waals surface area contributed by atoms with Gasteiger partial charge in [0.1, 0.15) is 6.04 Å². The Morgan fingerprint density at radius 1 is 1.32 bits per heavy atom. The molecular formula is C12H16BrNO4S. The minimum absolute atomic E-state index is 0.0475. The molecule has 0 heterocycles. The van der Waals surface area contributed by atoms with Gasteiger partial charge in [-0.1, -0.05) is 29.8 Å². The van der Waals surface area contributed by atoms with E-state index in [-0.39, 0.29) is 10.8 Å². The second-order valence-corrected chi connectivity index (χ2v) is 7.28. The van der Waals surface area contributed by atoms with Crippen LogP contribution in [0, 0.1) is 12.8 Å². The molecule has 0 aliphatic carbocycles. The van der Waals surface area contributed by atoms with Crippen LogP contribution in [0.5, 0.6) is 0 Å². The lowest BCUT2D eigenvalue weighted by molar-refractivity contribution is -0.140. The molecule has 1 aromatic carbocycles. The molecule has 0 amide bonds. The summed E-state index contributed by atoms with van der Waals surface area (Å²) in [5, 5.41) is 9.03. The second kappa shape index (κ2) is 6.02. The summed E-state index contributed by atoms with van der Waals surface area (Å²) < 4.78 is 27.2. The highest BCUT2D eigenvalue weighted by molar-refractivity contribution is 9.10. The van der Waals surface area contributed by atoms with Gasteiger partial charge in [0.2, 0.25) is 10.0 Å². The van der Waals surface area contributed by atoms with Gasteiger partial charge in [0, 0.05) is 4.47 Å². The predicted octanol–water partition coefficient (Wildman–Crippen LogP) is 2.15. The number of aliphatic carboxylic acids is 1. The number of carboxylic acid groups (broad SMARTS) is 1. The van der Waals surface area contributed by atoms with Crippen molar-refractivity contribution >= 4 is 31.9 Å². The molecule has 7 heteroatoms. The Morgan fingerprint density at radius 3 is 2.32 bits per heavy atom. The lowest BCUT2D eigenvalue weighted by atomic mass is 10.1. The Morgan fingerprint density at radius 2 is 1.89 bits per heavy atom. The third kappa shape index (κ3) is 4.29. The van der Waals surface area contributed by atoms with Crippen molar-refractivity contribution < 1.29 is 18.3 Å². The molecule has 0 spiro atoms. The fraction of sp³-hybridized carbons (Fsp3) is 0.417.